The molecular formula is C18H14ClNO3. The zero-order valence-corrected chi connectivity index (χ0v) is 13.0. The second-order valence-electron chi connectivity index (χ2n) is 5.05. The molecular weight excluding hydrogens is 314 g/mol. The van der Waals surface area contributed by atoms with Gasteiger partial charge in [0, 0.05) is 22.6 Å². The van der Waals surface area contributed by atoms with Crippen molar-refractivity contribution in [3.05, 3.63) is 65.5 Å². The van der Waals surface area contributed by atoms with Crippen LogP contribution in [-0.2, 0) is 11.2 Å². The summed E-state index contributed by atoms with van der Waals surface area (Å²) in [5.74, 6) is 0.155. The molecule has 2 aromatic carbocycles. The lowest BCUT2D eigenvalue weighted by molar-refractivity contribution is -0.137. The van der Waals surface area contributed by atoms with E-state index in [1.165, 1.54) is 0 Å². The normalized spacial score (nSPS) is 10.7. The number of aryl methyl sites for hydroxylation is 1. The Hall–Kier alpha value is -2.59. The molecule has 0 aliphatic heterocycles. The number of nitrogens with zero attached hydrogens (tertiary/aromatic N) is 1. The van der Waals surface area contributed by atoms with E-state index in [2.05, 4.69) is 4.98 Å². The second-order valence-corrected chi connectivity index (χ2v) is 5.49. The average Bonchev–Trinajstić information content (AvgIpc) is 2.99. The van der Waals surface area contributed by atoms with Gasteiger partial charge in [0.25, 0.3) is 0 Å². The summed E-state index contributed by atoms with van der Waals surface area (Å²) in [4.78, 5) is 15.2. The highest BCUT2D eigenvalue weighted by Crippen LogP contribution is 2.33. The first-order valence-electron chi connectivity index (χ1n) is 7.16. The molecule has 0 aliphatic carbocycles. The van der Waals surface area contributed by atoms with Crippen molar-refractivity contribution in [3.8, 4) is 22.6 Å². The number of carboxylic acid groups (broad SMARTS) is 1. The number of aliphatic carboxylic acids is 1. The van der Waals surface area contributed by atoms with Gasteiger partial charge in [0.05, 0.1) is 6.42 Å². The highest BCUT2D eigenvalue weighted by molar-refractivity contribution is 6.30. The maximum absolute atomic E-state index is 10.8. The Kier molecular flexibility index (Phi) is 4.44. The molecule has 23 heavy (non-hydrogen) atoms. The van der Waals surface area contributed by atoms with Gasteiger partial charge in [0.2, 0.25) is 0 Å². The summed E-state index contributed by atoms with van der Waals surface area (Å²) in [7, 11) is 0. The van der Waals surface area contributed by atoms with E-state index < -0.39 is 5.97 Å². The summed E-state index contributed by atoms with van der Waals surface area (Å²) in [6.07, 6.45) is 0.234. The molecule has 0 saturated heterocycles. The van der Waals surface area contributed by atoms with Crippen molar-refractivity contribution in [2.75, 3.05) is 0 Å². The van der Waals surface area contributed by atoms with Crippen LogP contribution in [0.1, 0.15) is 12.3 Å². The van der Waals surface area contributed by atoms with Gasteiger partial charge in [-0.25, -0.2) is 4.98 Å². The predicted molar refractivity (Wildman–Crippen MR) is 88.3 cm³/mol. The molecule has 116 valence electrons. The minimum Gasteiger partial charge on any atom is -0.481 e. The quantitative estimate of drug-likeness (QED) is 0.739. The molecule has 0 bridgehead atoms. The standard InChI is InChI=1S/C18H14ClNO3/c19-14-8-6-13(7-9-14)18-17(12-4-2-1-3-5-12)20-15(23-18)10-11-16(21)22/h1-9H,10-11H2,(H,21,22). The van der Waals surface area contributed by atoms with Crippen LogP contribution in [0.4, 0.5) is 0 Å². The van der Waals surface area contributed by atoms with Gasteiger partial charge in [-0.15, -0.1) is 0 Å². The Labute approximate surface area is 138 Å². The van der Waals surface area contributed by atoms with Crippen LogP contribution in [-0.4, -0.2) is 16.1 Å². The van der Waals surface area contributed by atoms with Crippen molar-refractivity contribution >= 4 is 17.6 Å². The van der Waals surface area contributed by atoms with Crippen molar-refractivity contribution in [1.29, 1.82) is 0 Å². The van der Waals surface area contributed by atoms with Gasteiger partial charge in [0.1, 0.15) is 5.69 Å². The summed E-state index contributed by atoms with van der Waals surface area (Å²) in [5.41, 5.74) is 2.47. The van der Waals surface area contributed by atoms with Gasteiger partial charge in [-0.05, 0) is 24.3 Å². The Morgan fingerprint density at radius 1 is 1.04 bits per heavy atom. The minimum atomic E-state index is -0.877. The van der Waals surface area contributed by atoms with E-state index in [0.717, 1.165) is 11.1 Å². The van der Waals surface area contributed by atoms with Gasteiger partial charge in [-0.3, -0.25) is 4.79 Å². The first-order valence-corrected chi connectivity index (χ1v) is 7.54. The van der Waals surface area contributed by atoms with Gasteiger partial charge < -0.3 is 9.52 Å². The molecule has 1 aromatic heterocycles. The fraction of sp³-hybridized carbons (Fsp3) is 0.111. The van der Waals surface area contributed by atoms with E-state index in [9.17, 15) is 4.79 Å². The summed E-state index contributed by atoms with van der Waals surface area (Å²) in [6, 6.07) is 16.9. The molecule has 0 radical (unpaired) electrons. The molecule has 0 atom stereocenters. The lowest BCUT2D eigenvalue weighted by atomic mass is 10.1. The Balaban J connectivity index is 2.05. The average molecular weight is 328 g/mol. The van der Waals surface area contributed by atoms with Crippen LogP contribution in [0.2, 0.25) is 5.02 Å². The van der Waals surface area contributed by atoms with E-state index in [1.54, 1.807) is 12.1 Å². The number of oxazole rings is 1. The van der Waals surface area contributed by atoms with Gasteiger partial charge in [-0.1, -0.05) is 41.9 Å². The molecule has 1 heterocycles. The lowest BCUT2D eigenvalue weighted by Gasteiger charge is -2.01. The first kappa shape index (κ1) is 15.3. The van der Waals surface area contributed by atoms with Crippen LogP contribution in [0.15, 0.2) is 59.0 Å². The van der Waals surface area contributed by atoms with Crippen LogP contribution in [0.5, 0.6) is 0 Å². The fourth-order valence-corrected chi connectivity index (χ4v) is 2.40. The topological polar surface area (TPSA) is 63.3 Å². The van der Waals surface area contributed by atoms with Crippen molar-refractivity contribution in [2.24, 2.45) is 0 Å². The number of halogens is 1. The Morgan fingerprint density at radius 3 is 2.39 bits per heavy atom. The van der Waals surface area contributed by atoms with E-state index >= 15 is 0 Å². The number of rotatable bonds is 5. The molecule has 1 N–H and O–H groups in total. The molecule has 0 spiro atoms. The third-order valence-electron chi connectivity index (χ3n) is 3.38. The molecule has 3 rings (SSSR count). The van der Waals surface area contributed by atoms with Crippen LogP contribution in [0.25, 0.3) is 22.6 Å². The van der Waals surface area contributed by atoms with E-state index in [-0.39, 0.29) is 12.8 Å². The van der Waals surface area contributed by atoms with E-state index in [0.29, 0.717) is 22.4 Å². The van der Waals surface area contributed by atoms with Gasteiger partial charge >= 0.3 is 5.97 Å². The highest BCUT2D eigenvalue weighted by atomic mass is 35.5. The molecule has 3 aromatic rings. The molecule has 4 nitrogen and oxygen atoms in total. The summed E-state index contributed by atoms with van der Waals surface area (Å²) in [5, 5.41) is 9.47. The summed E-state index contributed by atoms with van der Waals surface area (Å²) in [6.45, 7) is 0. The molecule has 0 amide bonds. The third kappa shape index (κ3) is 3.60. The van der Waals surface area contributed by atoms with Crippen LogP contribution < -0.4 is 0 Å². The Morgan fingerprint density at radius 2 is 1.74 bits per heavy atom. The van der Waals surface area contributed by atoms with Crippen molar-refractivity contribution in [2.45, 2.75) is 12.8 Å². The molecule has 0 unspecified atom stereocenters. The van der Waals surface area contributed by atoms with E-state index in [1.807, 2.05) is 42.5 Å². The number of carbonyl (C=O) groups is 1. The van der Waals surface area contributed by atoms with Crippen molar-refractivity contribution in [1.82, 2.24) is 4.98 Å². The maximum atomic E-state index is 10.8. The minimum absolute atomic E-state index is 0.0190. The van der Waals surface area contributed by atoms with Crippen LogP contribution >= 0.6 is 11.6 Å². The fourth-order valence-electron chi connectivity index (χ4n) is 2.27. The molecule has 0 aliphatic rings. The predicted octanol–water partition coefficient (Wildman–Crippen LogP) is 4.68. The number of aromatic nitrogens is 1. The number of benzene rings is 2. The lowest BCUT2D eigenvalue weighted by Crippen LogP contribution is -1.97. The van der Waals surface area contributed by atoms with E-state index in [4.69, 9.17) is 21.1 Å². The zero-order chi connectivity index (χ0) is 16.2. The Bertz CT molecular complexity index is 810. The summed E-state index contributed by atoms with van der Waals surface area (Å²) >= 11 is 5.93. The maximum Gasteiger partial charge on any atom is 0.303 e. The van der Waals surface area contributed by atoms with Crippen molar-refractivity contribution < 1.29 is 14.3 Å². The third-order valence-corrected chi connectivity index (χ3v) is 3.63. The molecule has 0 saturated carbocycles. The highest BCUT2D eigenvalue weighted by Gasteiger charge is 2.17. The molecule has 0 fully saturated rings. The molecule has 5 heteroatoms. The van der Waals surface area contributed by atoms with Crippen molar-refractivity contribution in [3.63, 3.8) is 0 Å². The van der Waals surface area contributed by atoms with Crippen LogP contribution in [0, 0.1) is 0 Å². The smallest absolute Gasteiger partial charge is 0.303 e. The first-order chi connectivity index (χ1) is 11.1. The second kappa shape index (κ2) is 6.67. The number of carboxylic acids is 1. The number of hydrogen-bond donors (Lipinski definition) is 1. The number of hydrogen-bond acceptors (Lipinski definition) is 3. The van der Waals surface area contributed by atoms with Gasteiger partial charge in [-0.2, -0.15) is 0 Å². The largest absolute Gasteiger partial charge is 0.481 e. The zero-order valence-electron chi connectivity index (χ0n) is 12.2. The SMILES string of the molecule is O=C(O)CCc1nc(-c2ccccc2)c(-c2ccc(Cl)cc2)o1. The van der Waals surface area contributed by atoms with Crippen LogP contribution in [0.3, 0.4) is 0 Å². The van der Waals surface area contributed by atoms with Gasteiger partial charge in [0.15, 0.2) is 11.7 Å². The summed E-state index contributed by atoms with van der Waals surface area (Å²) < 4.78 is 5.83. The monoisotopic (exact) mass is 327 g/mol.